The van der Waals surface area contributed by atoms with E-state index in [9.17, 15) is 4.79 Å². The number of carbonyl (C=O) groups is 1. The van der Waals surface area contributed by atoms with Gasteiger partial charge in [-0.15, -0.1) is 0 Å². The lowest BCUT2D eigenvalue weighted by atomic mass is 10.1. The van der Waals surface area contributed by atoms with Crippen LogP contribution in [0, 0.1) is 6.92 Å². The molecule has 2 aromatic heterocycles. The Bertz CT molecular complexity index is 1180. The van der Waals surface area contributed by atoms with Crippen LogP contribution in [0.3, 0.4) is 0 Å². The summed E-state index contributed by atoms with van der Waals surface area (Å²) < 4.78 is 1.53. The number of nitrogens with zero attached hydrogens (tertiary/aromatic N) is 3. The fraction of sp³-hybridized carbons (Fsp3) is 0.0952. The normalized spacial score (nSPS) is 10.8. The van der Waals surface area contributed by atoms with Crippen LogP contribution in [0.4, 0.5) is 17.2 Å². The smallest absolute Gasteiger partial charge is 0.265 e. The molecule has 7 heteroatoms. The molecule has 140 valence electrons. The van der Waals surface area contributed by atoms with Crippen LogP contribution >= 0.6 is 11.6 Å². The molecule has 0 fully saturated rings. The number of nitrogens with one attached hydrogen (secondary N) is 2. The summed E-state index contributed by atoms with van der Waals surface area (Å²) in [6.45, 7) is 1.94. The number of carbonyl (C=O) groups excluding carboxylic acids is 1. The summed E-state index contributed by atoms with van der Waals surface area (Å²) in [7, 11) is 1.79. The van der Waals surface area contributed by atoms with E-state index in [1.165, 1.54) is 10.9 Å². The van der Waals surface area contributed by atoms with Crippen LogP contribution in [-0.2, 0) is 0 Å². The van der Waals surface area contributed by atoms with Crippen molar-refractivity contribution < 1.29 is 4.79 Å². The molecule has 4 rings (SSSR count). The summed E-state index contributed by atoms with van der Waals surface area (Å²) in [6, 6.07) is 14.8. The second-order valence-electron chi connectivity index (χ2n) is 6.28. The van der Waals surface area contributed by atoms with Crippen LogP contribution in [0.5, 0.6) is 0 Å². The number of hydrogen-bond acceptors (Lipinski definition) is 5. The third-order valence-electron chi connectivity index (χ3n) is 4.63. The topological polar surface area (TPSA) is 71.8 Å². The lowest BCUT2D eigenvalue weighted by molar-refractivity contribution is 0.0965. The summed E-state index contributed by atoms with van der Waals surface area (Å²) in [5, 5.41) is 7.80. The molecule has 28 heavy (non-hydrogen) atoms. The molecule has 0 radical (unpaired) electrons. The Morgan fingerprint density at radius 3 is 2.64 bits per heavy atom. The van der Waals surface area contributed by atoms with E-state index in [4.69, 9.17) is 11.6 Å². The zero-order valence-corrected chi connectivity index (χ0v) is 16.2. The number of benzene rings is 2. The molecule has 2 aromatic carbocycles. The van der Waals surface area contributed by atoms with Gasteiger partial charge in [0, 0.05) is 24.0 Å². The Morgan fingerprint density at radius 2 is 1.82 bits per heavy atom. The Labute approximate surface area is 167 Å². The molecular formula is C21H18ClN5O. The van der Waals surface area contributed by atoms with Crippen molar-refractivity contribution in [1.82, 2.24) is 14.5 Å². The van der Waals surface area contributed by atoms with Crippen LogP contribution in [0.1, 0.15) is 15.9 Å². The zero-order chi connectivity index (χ0) is 19.7. The number of aromatic nitrogens is 3. The van der Waals surface area contributed by atoms with Gasteiger partial charge in [0.1, 0.15) is 12.1 Å². The minimum absolute atomic E-state index is 0.182. The number of anilines is 3. The molecule has 0 saturated carbocycles. The second-order valence-corrected chi connectivity index (χ2v) is 6.69. The fourth-order valence-electron chi connectivity index (χ4n) is 3.11. The van der Waals surface area contributed by atoms with Crippen molar-refractivity contribution in [1.29, 1.82) is 0 Å². The molecule has 0 saturated heterocycles. The molecule has 2 heterocycles. The van der Waals surface area contributed by atoms with E-state index in [0.717, 1.165) is 16.6 Å². The van der Waals surface area contributed by atoms with Gasteiger partial charge in [-0.1, -0.05) is 29.8 Å². The van der Waals surface area contributed by atoms with Gasteiger partial charge in [0.2, 0.25) is 0 Å². The van der Waals surface area contributed by atoms with Gasteiger partial charge in [-0.25, -0.2) is 9.97 Å². The quantitative estimate of drug-likeness (QED) is 0.519. The van der Waals surface area contributed by atoms with Gasteiger partial charge in [-0.05, 0) is 42.8 Å². The van der Waals surface area contributed by atoms with Crippen molar-refractivity contribution in [2.75, 3.05) is 17.7 Å². The zero-order valence-electron chi connectivity index (χ0n) is 15.4. The highest BCUT2D eigenvalue weighted by molar-refractivity contribution is 6.31. The Morgan fingerprint density at radius 1 is 1.04 bits per heavy atom. The van der Waals surface area contributed by atoms with Crippen molar-refractivity contribution in [3.05, 3.63) is 77.2 Å². The molecular weight excluding hydrogens is 374 g/mol. The van der Waals surface area contributed by atoms with Crippen molar-refractivity contribution in [3.8, 4) is 0 Å². The van der Waals surface area contributed by atoms with Gasteiger partial charge < -0.3 is 10.6 Å². The molecule has 0 aliphatic rings. The molecule has 6 nitrogen and oxygen atoms in total. The number of fused-ring (bicyclic) bond motifs is 1. The summed E-state index contributed by atoms with van der Waals surface area (Å²) in [5.41, 5.74) is 3.55. The highest BCUT2D eigenvalue weighted by Crippen LogP contribution is 2.29. The third kappa shape index (κ3) is 3.08. The number of rotatable bonds is 4. The molecule has 4 aromatic rings. The standard InChI is InChI=1S/C21H18ClN5O/c1-13-16(22)7-5-9-17(13)26-18-8-4-3-6-14(18)21(28)27-11-10-15-19(23-2)24-12-25-20(15)27/h3-12,26H,1-2H3,(H,23,24,25). The predicted molar refractivity (Wildman–Crippen MR) is 113 cm³/mol. The molecule has 0 aliphatic heterocycles. The molecule has 2 N–H and O–H groups in total. The van der Waals surface area contributed by atoms with Crippen LogP contribution in [0.15, 0.2) is 61.1 Å². The van der Waals surface area contributed by atoms with Crippen molar-refractivity contribution in [2.24, 2.45) is 0 Å². The average molecular weight is 392 g/mol. The summed E-state index contributed by atoms with van der Waals surface area (Å²) >= 11 is 6.23. The maximum absolute atomic E-state index is 13.3. The first kappa shape index (κ1) is 18.0. The molecule has 0 bridgehead atoms. The van der Waals surface area contributed by atoms with Crippen molar-refractivity contribution >= 4 is 45.7 Å². The summed E-state index contributed by atoms with van der Waals surface area (Å²) in [5.74, 6) is 0.496. The maximum Gasteiger partial charge on any atom is 0.265 e. The van der Waals surface area contributed by atoms with Gasteiger partial charge in [0.25, 0.3) is 5.91 Å². The highest BCUT2D eigenvalue weighted by atomic mass is 35.5. The van der Waals surface area contributed by atoms with Crippen LogP contribution in [0.25, 0.3) is 11.0 Å². The van der Waals surface area contributed by atoms with Gasteiger partial charge >= 0.3 is 0 Å². The fourth-order valence-corrected chi connectivity index (χ4v) is 3.29. The van der Waals surface area contributed by atoms with Crippen LogP contribution < -0.4 is 10.6 Å². The molecule has 0 unspecified atom stereocenters. The summed E-state index contributed by atoms with van der Waals surface area (Å²) in [4.78, 5) is 21.8. The van der Waals surface area contributed by atoms with E-state index in [-0.39, 0.29) is 5.91 Å². The second kappa shape index (κ2) is 7.32. The molecule has 0 amide bonds. The number of halogens is 1. The first-order valence-corrected chi connectivity index (χ1v) is 9.13. The number of hydrogen-bond donors (Lipinski definition) is 2. The highest BCUT2D eigenvalue weighted by Gasteiger charge is 2.18. The molecule has 0 spiro atoms. The minimum Gasteiger partial charge on any atom is -0.372 e. The largest absolute Gasteiger partial charge is 0.372 e. The van der Waals surface area contributed by atoms with Crippen molar-refractivity contribution in [3.63, 3.8) is 0 Å². The van der Waals surface area contributed by atoms with E-state index < -0.39 is 0 Å². The van der Waals surface area contributed by atoms with Crippen LogP contribution in [-0.4, -0.2) is 27.5 Å². The lowest BCUT2D eigenvalue weighted by Crippen LogP contribution is -2.13. The minimum atomic E-state index is -0.182. The molecule has 0 atom stereocenters. The van der Waals surface area contributed by atoms with E-state index in [2.05, 4.69) is 20.6 Å². The first-order chi connectivity index (χ1) is 13.6. The Hall–Kier alpha value is -3.38. The lowest BCUT2D eigenvalue weighted by Gasteiger charge is -2.14. The SMILES string of the molecule is CNc1ncnc2c1ccn2C(=O)c1ccccc1Nc1cccc(Cl)c1C. The van der Waals surface area contributed by atoms with Gasteiger partial charge in [0.15, 0.2) is 5.65 Å². The summed E-state index contributed by atoms with van der Waals surface area (Å²) in [6.07, 6.45) is 3.15. The first-order valence-electron chi connectivity index (χ1n) is 8.76. The van der Waals surface area contributed by atoms with E-state index >= 15 is 0 Å². The predicted octanol–water partition coefficient (Wildman–Crippen LogP) is 4.87. The van der Waals surface area contributed by atoms with E-state index in [1.54, 1.807) is 19.3 Å². The van der Waals surface area contributed by atoms with Crippen molar-refractivity contribution in [2.45, 2.75) is 6.92 Å². The van der Waals surface area contributed by atoms with E-state index in [1.807, 2.05) is 49.4 Å². The number of para-hydroxylation sites is 1. The molecule has 0 aliphatic carbocycles. The Balaban J connectivity index is 1.77. The van der Waals surface area contributed by atoms with Gasteiger partial charge in [0.05, 0.1) is 16.6 Å². The average Bonchev–Trinajstić information content (AvgIpc) is 3.15. The van der Waals surface area contributed by atoms with Crippen LogP contribution in [0.2, 0.25) is 5.02 Å². The third-order valence-corrected chi connectivity index (χ3v) is 5.04. The Kier molecular flexibility index (Phi) is 4.71. The van der Waals surface area contributed by atoms with Gasteiger partial charge in [-0.2, -0.15) is 0 Å². The monoisotopic (exact) mass is 391 g/mol. The van der Waals surface area contributed by atoms with E-state index in [0.29, 0.717) is 27.7 Å². The van der Waals surface area contributed by atoms with Gasteiger partial charge in [-0.3, -0.25) is 9.36 Å². The maximum atomic E-state index is 13.3.